The zero-order valence-electron chi connectivity index (χ0n) is 22.6. The van der Waals surface area contributed by atoms with E-state index in [1.165, 1.54) is 12.0 Å². The van der Waals surface area contributed by atoms with Gasteiger partial charge in [0.15, 0.2) is 5.78 Å². The second-order valence-electron chi connectivity index (χ2n) is 10.2. The van der Waals surface area contributed by atoms with Crippen molar-refractivity contribution in [3.63, 3.8) is 0 Å². The minimum absolute atomic E-state index is 0.0430. The Kier molecular flexibility index (Phi) is 7.00. The Morgan fingerprint density at radius 3 is 2.62 bits per heavy atom. The van der Waals surface area contributed by atoms with E-state index in [1.54, 1.807) is 31.4 Å². The maximum atomic E-state index is 13.5. The number of Topliss-reactive ketones (excluding diaryl/α,β-unsaturated/α-hetero) is 1. The van der Waals surface area contributed by atoms with Crippen LogP contribution in [0, 0.1) is 0 Å². The number of carboxylic acids is 1. The highest BCUT2D eigenvalue weighted by Gasteiger charge is 2.54. The topological polar surface area (TPSA) is 115 Å². The standard InChI is InChI=1S/C29H34N4O6/c1-31(2)19-11-12-32(17-19)26-14-22-24(34)15-30-23-8-6-5-7-21(23)27(22)33(29(26,37)28(35)36)16-18-9-10-20(38-3)13-25(18)39-4/h5-10,13-14,19,30,37H,11-12,15-17H2,1-4H3,(H,35,36). The molecular weight excluding hydrogens is 500 g/mol. The van der Waals surface area contributed by atoms with Crippen LogP contribution in [-0.2, 0) is 16.1 Å². The third kappa shape index (κ3) is 4.49. The number of aliphatic hydroxyl groups is 1. The minimum atomic E-state index is -2.46. The highest BCUT2D eigenvalue weighted by atomic mass is 16.5. The predicted molar refractivity (Wildman–Crippen MR) is 146 cm³/mol. The second-order valence-corrected chi connectivity index (χ2v) is 10.2. The van der Waals surface area contributed by atoms with Crippen molar-refractivity contribution in [2.45, 2.75) is 24.7 Å². The average molecular weight is 535 g/mol. The maximum Gasteiger partial charge on any atom is 0.364 e. The van der Waals surface area contributed by atoms with Crippen LogP contribution in [0.15, 0.2) is 59.8 Å². The fourth-order valence-corrected chi connectivity index (χ4v) is 5.63. The highest BCUT2D eigenvalue weighted by molar-refractivity contribution is 6.11. The van der Waals surface area contributed by atoms with Crippen LogP contribution in [0.25, 0.3) is 5.70 Å². The lowest BCUT2D eigenvalue weighted by molar-refractivity contribution is -0.172. The number of likely N-dealkylation sites (tertiary alicyclic amines) is 1. The molecule has 0 aliphatic carbocycles. The molecule has 0 aromatic heterocycles. The molecule has 3 aliphatic rings. The summed E-state index contributed by atoms with van der Waals surface area (Å²) in [5, 5.41) is 26.2. The lowest BCUT2D eigenvalue weighted by atomic mass is 9.90. The second kappa shape index (κ2) is 10.3. The third-order valence-electron chi connectivity index (χ3n) is 7.83. The van der Waals surface area contributed by atoms with Crippen molar-refractivity contribution >= 4 is 23.1 Å². The van der Waals surface area contributed by atoms with Crippen molar-refractivity contribution in [2.24, 2.45) is 0 Å². The number of ketones is 1. The average Bonchev–Trinajstić information content (AvgIpc) is 3.38. The Balaban J connectivity index is 1.74. The van der Waals surface area contributed by atoms with Gasteiger partial charge in [0.1, 0.15) is 11.5 Å². The number of aliphatic carboxylic acids is 1. The molecule has 1 fully saturated rings. The summed E-state index contributed by atoms with van der Waals surface area (Å²) in [6.07, 6.45) is 2.38. The lowest BCUT2D eigenvalue weighted by Crippen LogP contribution is -2.60. The molecule has 5 rings (SSSR count). The summed E-state index contributed by atoms with van der Waals surface area (Å²) in [4.78, 5) is 32.1. The number of carboxylic acid groups (broad SMARTS) is 1. The number of nitrogens with one attached hydrogen (secondary N) is 1. The summed E-state index contributed by atoms with van der Waals surface area (Å²) in [5.41, 5.74) is 0.376. The van der Waals surface area contributed by atoms with E-state index in [9.17, 15) is 19.8 Å². The number of benzene rings is 2. The molecule has 2 aromatic rings. The van der Waals surface area contributed by atoms with Crippen LogP contribution in [0.1, 0.15) is 17.5 Å². The summed E-state index contributed by atoms with van der Waals surface area (Å²) >= 11 is 0. The van der Waals surface area contributed by atoms with Crippen molar-refractivity contribution < 1.29 is 29.3 Å². The molecule has 3 N–H and O–H groups in total. The monoisotopic (exact) mass is 534 g/mol. The number of carbonyl (C=O) groups excluding carboxylic acids is 1. The van der Waals surface area contributed by atoms with E-state index >= 15 is 0 Å². The van der Waals surface area contributed by atoms with Gasteiger partial charge >= 0.3 is 5.97 Å². The smallest absolute Gasteiger partial charge is 0.364 e. The van der Waals surface area contributed by atoms with Crippen molar-refractivity contribution in [3.05, 3.63) is 70.9 Å². The predicted octanol–water partition coefficient (Wildman–Crippen LogP) is 2.22. The first kappa shape index (κ1) is 26.6. The molecule has 3 aliphatic heterocycles. The zero-order chi connectivity index (χ0) is 27.9. The van der Waals surface area contributed by atoms with Crippen LogP contribution in [0.5, 0.6) is 11.5 Å². The quantitative estimate of drug-likeness (QED) is 0.489. The number of likely N-dealkylation sites (N-methyl/N-ethyl adjacent to an activating group) is 1. The van der Waals surface area contributed by atoms with Gasteiger partial charge < -0.3 is 39.7 Å². The molecule has 0 saturated carbocycles. The van der Waals surface area contributed by atoms with Crippen LogP contribution in [0.2, 0.25) is 0 Å². The molecule has 2 aromatic carbocycles. The van der Waals surface area contributed by atoms with Crippen LogP contribution < -0.4 is 14.8 Å². The molecule has 0 bridgehead atoms. The first-order valence-corrected chi connectivity index (χ1v) is 12.9. The van der Waals surface area contributed by atoms with E-state index in [4.69, 9.17) is 9.47 Å². The van der Waals surface area contributed by atoms with E-state index in [0.717, 1.165) is 6.42 Å². The molecule has 2 unspecified atom stereocenters. The van der Waals surface area contributed by atoms with Crippen LogP contribution in [-0.4, -0.2) is 96.4 Å². The molecule has 0 amide bonds. The number of nitrogens with zero attached hydrogens (tertiary/aromatic N) is 3. The molecule has 2 atom stereocenters. The molecule has 206 valence electrons. The number of allylic oxidation sites excluding steroid dienone is 1. The van der Waals surface area contributed by atoms with E-state index in [2.05, 4.69) is 10.2 Å². The Labute approximate surface area is 227 Å². The van der Waals surface area contributed by atoms with Crippen LogP contribution >= 0.6 is 0 Å². The summed E-state index contributed by atoms with van der Waals surface area (Å²) in [6, 6.07) is 12.8. The molecule has 10 nitrogen and oxygen atoms in total. The van der Waals surface area contributed by atoms with E-state index in [0.29, 0.717) is 52.7 Å². The molecule has 0 spiro atoms. The summed E-state index contributed by atoms with van der Waals surface area (Å²) in [7, 11) is 7.03. The van der Waals surface area contributed by atoms with Crippen molar-refractivity contribution in [1.82, 2.24) is 14.7 Å². The van der Waals surface area contributed by atoms with Crippen molar-refractivity contribution in [3.8, 4) is 11.5 Å². The van der Waals surface area contributed by atoms with Gasteiger partial charge in [-0.2, -0.15) is 0 Å². The van der Waals surface area contributed by atoms with Crippen molar-refractivity contribution in [1.29, 1.82) is 0 Å². The first-order chi connectivity index (χ1) is 18.7. The van der Waals surface area contributed by atoms with Gasteiger partial charge in [0.25, 0.3) is 5.72 Å². The van der Waals surface area contributed by atoms with Gasteiger partial charge in [0.05, 0.1) is 38.7 Å². The van der Waals surface area contributed by atoms with E-state index in [1.807, 2.05) is 43.3 Å². The number of hydrogen-bond donors (Lipinski definition) is 3. The molecule has 0 radical (unpaired) electrons. The molecule has 1 saturated heterocycles. The highest BCUT2D eigenvalue weighted by Crippen LogP contribution is 2.45. The van der Waals surface area contributed by atoms with Crippen molar-refractivity contribution in [2.75, 3.05) is 53.3 Å². The number of hydrogen-bond acceptors (Lipinski definition) is 9. The normalized spacial score (nSPS) is 22.7. The van der Waals surface area contributed by atoms with Gasteiger partial charge in [-0.1, -0.05) is 18.2 Å². The van der Waals surface area contributed by atoms with Gasteiger partial charge in [-0.05, 0) is 44.8 Å². The number of ether oxygens (including phenoxy) is 2. The Bertz CT molecular complexity index is 1370. The number of para-hydroxylation sites is 1. The van der Waals surface area contributed by atoms with Gasteiger partial charge in [-0.15, -0.1) is 0 Å². The molecule has 10 heteroatoms. The number of rotatable bonds is 7. The summed E-state index contributed by atoms with van der Waals surface area (Å²) in [6.45, 7) is 1.08. The number of anilines is 1. The molecular formula is C29H34N4O6. The van der Waals surface area contributed by atoms with Crippen LogP contribution in [0.4, 0.5) is 5.69 Å². The molecule has 3 heterocycles. The molecule has 39 heavy (non-hydrogen) atoms. The number of fused-ring (bicyclic) bond motifs is 2. The largest absolute Gasteiger partial charge is 0.497 e. The number of methoxy groups -OCH3 is 2. The Hall–Kier alpha value is -4.02. The van der Waals surface area contributed by atoms with Gasteiger partial charge in [0.2, 0.25) is 0 Å². The zero-order valence-corrected chi connectivity index (χ0v) is 22.6. The Morgan fingerprint density at radius 1 is 1.18 bits per heavy atom. The van der Waals surface area contributed by atoms with E-state index < -0.39 is 11.7 Å². The SMILES string of the molecule is COc1ccc(CN2C3=C(C=C(N4CCC(N(C)C)C4)C2(O)C(=O)O)C(=O)CNc2ccccc23)c(OC)c1. The number of carbonyl (C=O) groups is 2. The summed E-state index contributed by atoms with van der Waals surface area (Å²) in [5.74, 6) is -0.570. The van der Waals surface area contributed by atoms with Gasteiger partial charge in [-0.25, -0.2) is 4.79 Å². The van der Waals surface area contributed by atoms with E-state index in [-0.39, 0.29) is 30.6 Å². The Morgan fingerprint density at radius 2 is 1.95 bits per heavy atom. The first-order valence-electron chi connectivity index (χ1n) is 12.9. The fourth-order valence-electron chi connectivity index (χ4n) is 5.63. The maximum absolute atomic E-state index is 13.5. The third-order valence-corrected chi connectivity index (χ3v) is 7.83. The minimum Gasteiger partial charge on any atom is -0.497 e. The summed E-state index contributed by atoms with van der Waals surface area (Å²) < 4.78 is 11.0. The van der Waals surface area contributed by atoms with Gasteiger partial charge in [0, 0.05) is 47.6 Å². The van der Waals surface area contributed by atoms with Gasteiger partial charge in [-0.3, -0.25) is 4.79 Å². The fraction of sp³-hybridized carbons (Fsp3) is 0.379. The lowest BCUT2D eigenvalue weighted by Gasteiger charge is -2.46. The van der Waals surface area contributed by atoms with Crippen LogP contribution in [0.3, 0.4) is 0 Å².